The van der Waals surface area contributed by atoms with Crippen LogP contribution in [0.2, 0.25) is 0 Å². The number of para-hydroxylation sites is 1. The molecule has 1 amide bonds. The predicted octanol–water partition coefficient (Wildman–Crippen LogP) is 3.51. The summed E-state index contributed by atoms with van der Waals surface area (Å²) in [5.41, 5.74) is 1.99. The smallest absolute Gasteiger partial charge is 0.276 e. The minimum absolute atomic E-state index is 0.207. The van der Waals surface area contributed by atoms with Crippen molar-refractivity contribution in [2.24, 2.45) is 0 Å². The maximum absolute atomic E-state index is 12.8. The van der Waals surface area contributed by atoms with Gasteiger partial charge in [0.2, 0.25) is 0 Å². The number of hydrogen-bond acceptors (Lipinski definition) is 5. The van der Waals surface area contributed by atoms with Gasteiger partial charge in [-0.25, -0.2) is 0 Å². The van der Waals surface area contributed by atoms with Crippen LogP contribution in [0.25, 0.3) is 6.08 Å². The Labute approximate surface area is 167 Å². The second-order valence-corrected chi connectivity index (χ2v) is 6.49. The molecule has 4 rings (SSSR count). The van der Waals surface area contributed by atoms with Crippen LogP contribution in [-0.2, 0) is 17.9 Å². The van der Waals surface area contributed by atoms with E-state index >= 15 is 0 Å². The molecule has 1 N–H and O–H groups in total. The Bertz CT molecular complexity index is 1020. The topological polar surface area (TPSA) is 67.6 Å². The van der Waals surface area contributed by atoms with Crippen LogP contribution in [0, 0.1) is 0 Å². The van der Waals surface area contributed by atoms with E-state index in [1.165, 1.54) is 4.90 Å². The third-order valence-corrected chi connectivity index (χ3v) is 4.50. The van der Waals surface area contributed by atoms with Crippen molar-refractivity contribution < 1.29 is 13.9 Å². The molecule has 3 heterocycles. The summed E-state index contributed by atoms with van der Waals surface area (Å²) in [5.74, 6) is 1.12. The molecule has 1 aliphatic heterocycles. The van der Waals surface area contributed by atoms with Gasteiger partial charge < -0.3 is 14.5 Å². The highest BCUT2D eigenvalue weighted by molar-refractivity contribution is 7.80. The molecule has 0 radical (unpaired) electrons. The lowest BCUT2D eigenvalue weighted by molar-refractivity contribution is -0.122. The highest BCUT2D eigenvalue weighted by Crippen LogP contribution is 2.24. The van der Waals surface area contributed by atoms with Crippen LogP contribution in [0.1, 0.15) is 17.0 Å². The molecule has 1 fully saturated rings. The summed E-state index contributed by atoms with van der Waals surface area (Å²) in [7, 11) is 0. The van der Waals surface area contributed by atoms with Crippen LogP contribution in [0.15, 0.2) is 77.2 Å². The third kappa shape index (κ3) is 3.94. The molecule has 1 aromatic carbocycles. The molecule has 1 saturated heterocycles. The average Bonchev–Trinajstić information content (AvgIpc) is 3.32. The molecule has 2 aromatic heterocycles. The number of carbonyl (C=O) groups excluding carboxylic acids is 1. The summed E-state index contributed by atoms with van der Waals surface area (Å²) in [6.45, 7) is 0.623. The average molecular weight is 391 g/mol. The lowest BCUT2D eigenvalue weighted by Crippen LogP contribution is -2.29. The van der Waals surface area contributed by atoms with E-state index in [-0.39, 0.29) is 12.5 Å². The van der Waals surface area contributed by atoms with Crippen molar-refractivity contribution >= 4 is 29.3 Å². The van der Waals surface area contributed by atoms with Gasteiger partial charge in [0, 0.05) is 11.8 Å². The van der Waals surface area contributed by atoms with Gasteiger partial charge in [-0.15, -0.1) is 0 Å². The minimum Gasteiger partial charge on any atom is -0.487 e. The van der Waals surface area contributed by atoms with Crippen LogP contribution < -0.4 is 10.1 Å². The molecule has 1 aliphatic rings. The van der Waals surface area contributed by atoms with Crippen molar-refractivity contribution in [2.75, 3.05) is 0 Å². The normalized spacial score (nSPS) is 15.1. The quantitative estimate of drug-likeness (QED) is 0.512. The lowest BCUT2D eigenvalue weighted by Gasteiger charge is -2.11. The van der Waals surface area contributed by atoms with E-state index in [1.54, 1.807) is 30.7 Å². The standard InChI is InChI=1S/C21H17N3O3S/c25-20-18(23-21(28)24(20)13-17-8-5-11-26-17)12-15-6-1-2-9-19(15)27-14-16-7-3-4-10-22-16/h1-12H,13-14H2,(H,23,28)/b18-12-. The second kappa shape index (κ2) is 8.06. The van der Waals surface area contributed by atoms with E-state index in [9.17, 15) is 4.79 Å². The molecular weight excluding hydrogens is 374 g/mol. The first-order valence-corrected chi connectivity index (χ1v) is 9.10. The Kier molecular flexibility index (Phi) is 5.16. The van der Waals surface area contributed by atoms with Gasteiger partial charge >= 0.3 is 0 Å². The van der Waals surface area contributed by atoms with E-state index in [1.807, 2.05) is 42.5 Å². The highest BCUT2D eigenvalue weighted by atomic mass is 32.1. The third-order valence-electron chi connectivity index (χ3n) is 4.18. The van der Waals surface area contributed by atoms with E-state index < -0.39 is 0 Å². The van der Waals surface area contributed by atoms with Crippen molar-refractivity contribution in [2.45, 2.75) is 13.2 Å². The highest BCUT2D eigenvalue weighted by Gasteiger charge is 2.31. The van der Waals surface area contributed by atoms with Crippen LogP contribution in [0.5, 0.6) is 5.75 Å². The number of nitrogens with zero attached hydrogens (tertiary/aromatic N) is 2. The van der Waals surface area contributed by atoms with Crippen LogP contribution >= 0.6 is 12.2 Å². The number of carbonyl (C=O) groups is 1. The first kappa shape index (κ1) is 17.9. The van der Waals surface area contributed by atoms with Crippen molar-refractivity contribution in [1.29, 1.82) is 0 Å². The Morgan fingerprint density at radius 2 is 2.00 bits per heavy atom. The number of pyridine rings is 1. The van der Waals surface area contributed by atoms with Gasteiger partial charge in [0.15, 0.2) is 5.11 Å². The molecule has 140 valence electrons. The maximum Gasteiger partial charge on any atom is 0.276 e. The SMILES string of the molecule is O=C1/C(=C/c2ccccc2OCc2ccccn2)NC(=S)N1Cc1ccco1. The van der Waals surface area contributed by atoms with E-state index in [4.69, 9.17) is 21.4 Å². The van der Waals surface area contributed by atoms with Gasteiger partial charge in [-0.2, -0.15) is 0 Å². The number of ether oxygens (including phenoxy) is 1. The zero-order chi connectivity index (χ0) is 19.3. The predicted molar refractivity (Wildman–Crippen MR) is 108 cm³/mol. The molecule has 0 unspecified atom stereocenters. The molecule has 0 saturated carbocycles. The first-order valence-electron chi connectivity index (χ1n) is 8.69. The molecular formula is C21H17N3O3S. The molecule has 3 aromatic rings. The van der Waals surface area contributed by atoms with Gasteiger partial charge in [0.05, 0.1) is 18.5 Å². The van der Waals surface area contributed by atoms with Gasteiger partial charge in [-0.05, 0) is 48.6 Å². The monoisotopic (exact) mass is 391 g/mol. The van der Waals surface area contributed by atoms with Gasteiger partial charge in [-0.3, -0.25) is 14.7 Å². The summed E-state index contributed by atoms with van der Waals surface area (Å²) >= 11 is 5.30. The Balaban J connectivity index is 1.52. The molecule has 28 heavy (non-hydrogen) atoms. The number of furan rings is 1. The van der Waals surface area contributed by atoms with Crippen molar-refractivity contribution in [3.63, 3.8) is 0 Å². The number of amides is 1. The number of benzene rings is 1. The number of thiocarbonyl (C=S) groups is 1. The summed E-state index contributed by atoms with van der Waals surface area (Å²) in [5, 5.41) is 3.32. The van der Waals surface area contributed by atoms with Crippen molar-refractivity contribution in [1.82, 2.24) is 15.2 Å². The van der Waals surface area contributed by atoms with Crippen molar-refractivity contribution in [3.8, 4) is 5.75 Å². The molecule has 0 atom stereocenters. The summed E-state index contributed by atoms with van der Waals surface area (Å²) in [4.78, 5) is 18.5. The molecule has 7 heteroatoms. The lowest BCUT2D eigenvalue weighted by atomic mass is 10.1. The summed E-state index contributed by atoms with van der Waals surface area (Å²) < 4.78 is 11.2. The van der Waals surface area contributed by atoms with Gasteiger partial charge in [0.1, 0.15) is 23.8 Å². The first-order chi connectivity index (χ1) is 13.7. The maximum atomic E-state index is 12.8. The zero-order valence-electron chi connectivity index (χ0n) is 14.9. The number of hydrogen-bond donors (Lipinski definition) is 1. The Morgan fingerprint density at radius 3 is 2.79 bits per heavy atom. The number of rotatable bonds is 6. The second-order valence-electron chi connectivity index (χ2n) is 6.11. The van der Waals surface area contributed by atoms with E-state index in [2.05, 4.69) is 10.3 Å². The Morgan fingerprint density at radius 1 is 1.14 bits per heavy atom. The zero-order valence-corrected chi connectivity index (χ0v) is 15.7. The van der Waals surface area contributed by atoms with Crippen LogP contribution in [0.4, 0.5) is 0 Å². The summed E-state index contributed by atoms with van der Waals surface area (Å²) in [6.07, 6.45) is 5.03. The fourth-order valence-corrected chi connectivity index (χ4v) is 3.05. The molecule has 0 spiro atoms. The summed E-state index contributed by atoms with van der Waals surface area (Å²) in [6, 6.07) is 16.8. The number of aromatic nitrogens is 1. The van der Waals surface area contributed by atoms with E-state index in [0.717, 1.165) is 11.3 Å². The van der Waals surface area contributed by atoms with Gasteiger partial charge in [0.25, 0.3) is 5.91 Å². The molecule has 0 bridgehead atoms. The van der Waals surface area contributed by atoms with E-state index in [0.29, 0.717) is 28.9 Å². The Hall–Kier alpha value is -3.45. The molecule has 6 nitrogen and oxygen atoms in total. The van der Waals surface area contributed by atoms with Crippen molar-refractivity contribution in [3.05, 3.63) is 89.8 Å². The largest absolute Gasteiger partial charge is 0.487 e. The molecule has 0 aliphatic carbocycles. The fraction of sp³-hybridized carbons (Fsp3) is 0.0952. The van der Waals surface area contributed by atoms with Gasteiger partial charge in [-0.1, -0.05) is 24.3 Å². The minimum atomic E-state index is -0.207. The van der Waals surface area contributed by atoms with Crippen LogP contribution in [0.3, 0.4) is 0 Å². The number of nitrogens with one attached hydrogen (secondary N) is 1. The fourth-order valence-electron chi connectivity index (χ4n) is 2.80. The van der Waals surface area contributed by atoms with Crippen LogP contribution in [-0.4, -0.2) is 20.9 Å².